The number of hydrogen-bond donors (Lipinski definition) is 0. The summed E-state index contributed by atoms with van der Waals surface area (Å²) in [6.07, 6.45) is 16.0. The second-order valence-corrected chi connectivity index (χ2v) is 6.52. The van der Waals surface area contributed by atoms with Crippen molar-refractivity contribution in [2.24, 2.45) is 5.92 Å². The van der Waals surface area contributed by atoms with Crippen LogP contribution in [-0.4, -0.2) is 0 Å². The maximum atomic E-state index is 2.49. The van der Waals surface area contributed by atoms with Gasteiger partial charge in [0.25, 0.3) is 0 Å². The summed E-state index contributed by atoms with van der Waals surface area (Å²) in [7, 11) is 0. The number of hydrogen-bond acceptors (Lipinski definition) is 0. The summed E-state index contributed by atoms with van der Waals surface area (Å²) < 4.78 is 1.46. The van der Waals surface area contributed by atoms with Gasteiger partial charge in [-0.15, -0.1) is 0 Å². The summed E-state index contributed by atoms with van der Waals surface area (Å²) in [6, 6.07) is 10.8. The van der Waals surface area contributed by atoms with Gasteiger partial charge in [0.05, 0.1) is 0 Å². The Labute approximate surface area is 128 Å². The fourth-order valence-electron chi connectivity index (χ4n) is 2.76. The van der Waals surface area contributed by atoms with E-state index < -0.39 is 0 Å². The molecule has 0 saturated carbocycles. The van der Waals surface area contributed by atoms with Crippen LogP contribution in [0.3, 0.4) is 0 Å². The molecule has 0 saturated heterocycles. The Bertz CT molecular complexity index is 561. The van der Waals surface area contributed by atoms with E-state index in [4.69, 9.17) is 0 Å². The average Bonchev–Trinajstić information content (AvgIpc) is 2.48. The number of benzene rings is 1. The van der Waals surface area contributed by atoms with Gasteiger partial charge in [0, 0.05) is 11.8 Å². The fourth-order valence-corrected chi connectivity index (χ4v) is 3.60. The zero-order chi connectivity index (χ0) is 13.1. The highest BCUT2D eigenvalue weighted by atomic mass is 127. The predicted octanol–water partition coefficient (Wildman–Crippen LogP) is 5.55. The fraction of sp³-hybridized carbons (Fsp3) is 0.222. The Morgan fingerprint density at radius 1 is 1.00 bits per heavy atom. The first kappa shape index (κ1) is 12.9. The Morgan fingerprint density at radius 3 is 2.58 bits per heavy atom. The largest absolute Gasteiger partial charge is 0.0836 e. The molecule has 0 radical (unpaired) electrons. The molecule has 0 heterocycles. The molecule has 0 aromatic heterocycles. The van der Waals surface area contributed by atoms with Crippen molar-refractivity contribution in [3.8, 4) is 0 Å². The van der Waals surface area contributed by atoms with Crippen LogP contribution in [0.15, 0.2) is 75.9 Å². The summed E-state index contributed by atoms with van der Waals surface area (Å²) >= 11 is 2.49. The Kier molecular flexibility index (Phi) is 4.02. The average molecular weight is 360 g/mol. The van der Waals surface area contributed by atoms with Gasteiger partial charge in [0.2, 0.25) is 0 Å². The van der Waals surface area contributed by atoms with E-state index in [1.165, 1.54) is 14.7 Å². The molecule has 0 aliphatic heterocycles. The van der Waals surface area contributed by atoms with Gasteiger partial charge in [0.1, 0.15) is 0 Å². The molecule has 2 aliphatic carbocycles. The van der Waals surface area contributed by atoms with Crippen LogP contribution < -0.4 is 0 Å². The van der Waals surface area contributed by atoms with Gasteiger partial charge in [-0.2, -0.15) is 0 Å². The lowest BCUT2D eigenvalue weighted by molar-refractivity contribution is 0.745. The highest BCUT2D eigenvalue weighted by Gasteiger charge is 2.19. The van der Waals surface area contributed by atoms with Gasteiger partial charge in [-0.1, -0.05) is 60.7 Å². The summed E-state index contributed by atoms with van der Waals surface area (Å²) in [5.74, 6) is 1.09. The van der Waals surface area contributed by atoms with E-state index in [1.54, 1.807) is 0 Å². The van der Waals surface area contributed by atoms with Crippen LogP contribution in [0.1, 0.15) is 24.3 Å². The van der Waals surface area contributed by atoms with E-state index in [2.05, 4.69) is 89.4 Å². The van der Waals surface area contributed by atoms with E-state index in [1.807, 2.05) is 0 Å². The third-order valence-electron chi connectivity index (χ3n) is 3.77. The molecule has 0 bridgehead atoms. The van der Waals surface area contributed by atoms with Crippen LogP contribution in [0.25, 0.3) is 0 Å². The first-order valence-electron chi connectivity index (χ1n) is 6.79. The van der Waals surface area contributed by atoms with Gasteiger partial charge in [-0.05, 0) is 56.2 Å². The quantitative estimate of drug-likeness (QED) is 0.607. The first-order valence-corrected chi connectivity index (χ1v) is 7.87. The van der Waals surface area contributed by atoms with Gasteiger partial charge in [-0.3, -0.25) is 0 Å². The van der Waals surface area contributed by atoms with Crippen molar-refractivity contribution in [1.29, 1.82) is 0 Å². The molecule has 0 nitrogen and oxygen atoms in total. The molecule has 1 aromatic rings. The molecule has 2 aliphatic rings. The zero-order valence-electron chi connectivity index (χ0n) is 10.8. The molecule has 2 unspecified atom stereocenters. The molecule has 2 atom stereocenters. The molecule has 0 amide bonds. The molecule has 1 aromatic carbocycles. The van der Waals surface area contributed by atoms with Crippen LogP contribution in [0, 0.1) is 5.92 Å². The maximum absolute atomic E-state index is 2.49. The molecular formula is C18H17I. The van der Waals surface area contributed by atoms with Crippen molar-refractivity contribution >= 4 is 22.6 Å². The van der Waals surface area contributed by atoms with Crippen LogP contribution in [0.5, 0.6) is 0 Å². The van der Waals surface area contributed by atoms with Crippen molar-refractivity contribution in [2.75, 3.05) is 0 Å². The SMILES string of the molecule is IC1=CC(C2C=CC=CC2)=CC(c2ccccc2)C1. The Balaban J connectivity index is 1.88. The van der Waals surface area contributed by atoms with Crippen molar-refractivity contribution < 1.29 is 0 Å². The summed E-state index contributed by atoms with van der Waals surface area (Å²) in [5, 5.41) is 0. The molecule has 19 heavy (non-hydrogen) atoms. The summed E-state index contributed by atoms with van der Waals surface area (Å²) in [5.41, 5.74) is 2.91. The summed E-state index contributed by atoms with van der Waals surface area (Å²) in [4.78, 5) is 0. The molecule has 0 N–H and O–H groups in total. The van der Waals surface area contributed by atoms with E-state index in [-0.39, 0.29) is 0 Å². The van der Waals surface area contributed by atoms with Gasteiger partial charge < -0.3 is 0 Å². The number of allylic oxidation sites excluding steroid dienone is 8. The molecule has 96 valence electrons. The Hall–Kier alpha value is -1.09. The topological polar surface area (TPSA) is 0 Å². The van der Waals surface area contributed by atoms with E-state index in [0.29, 0.717) is 11.8 Å². The minimum atomic E-state index is 0.535. The van der Waals surface area contributed by atoms with Gasteiger partial charge in [-0.25, -0.2) is 0 Å². The minimum Gasteiger partial charge on any atom is -0.0836 e. The Morgan fingerprint density at radius 2 is 1.84 bits per heavy atom. The van der Waals surface area contributed by atoms with E-state index in [9.17, 15) is 0 Å². The highest BCUT2D eigenvalue weighted by Crippen LogP contribution is 2.37. The zero-order valence-corrected chi connectivity index (χ0v) is 13.0. The first-order chi connectivity index (χ1) is 9.33. The molecule has 3 rings (SSSR count). The van der Waals surface area contributed by atoms with Crippen LogP contribution in [0.4, 0.5) is 0 Å². The standard InChI is InChI=1S/C18H17I/c19-18-12-16(14-7-3-1-4-8-14)11-17(13-18)15-9-5-2-6-10-15/h1-9,11,13,15-16H,10,12H2. The van der Waals surface area contributed by atoms with E-state index >= 15 is 0 Å². The molecular weight excluding hydrogens is 343 g/mol. The lowest BCUT2D eigenvalue weighted by Crippen LogP contribution is -2.08. The van der Waals surface area contributed by atoms with Crippen molar-refractivity contribution in [2.45, 2.75) is 18.8 Å². The number of halogens is 1. The molecule has 0 spiro atoms. The van der Waals surface area contributed by atoms with Gasteiger partial charge in [0.15, 0.2) is 0 Å². The van der Waals surface area contributed by atoms with Crippen LogP contribution in [0.2, 0.25) is 0 Å². The minimum absolute atomic E-state index is 0.535. The monoisotopic (exact) mass is 360 g/mol. The summed E-state index contributed by atoms with van der Waals surface area (Å²) in [6.45, 7) is 0. The van der Waals surface area contributed by atoms with Crippen molar-refractivity contribution in [1.82, 2.24) is 0 Å². The van der Waals surface area contributed by atoms with E-state index in [0.717, 1.165) is 12.8 Å². The second kappa shape index (κ2) is 5.91. The third-order valence-corrected chi connectivity index (χ3v) is 4.52. The van der Waals surface area contributed by atoms with Crippen LogP contribution >= 0.6 is 22.6 Å². The van der Waals surface area contributed by atoms with Gasteiger partial charge >= 0.3 is 0 Å². The second-order valence-electron chi connectivity index (χ2n) is 5.13. The van der Waals surface area contributed by atoms with Crippen molar-refractivity contribution in [3.63, 3.8) is 0 Å². The third kappa shape index (κ3) is 3.08. The predicted molar refractivity (Wildman–Crippen MR) is 90.4 cm³/mol. The highest BCUT2D eigenvalue weighted by molar-refractivity contribution is 14.1. The lowest BCUT2D eigenvalue weighted by atomic mass is 9.83. The smallest absolute Gasteiger partial charge is 0.00688 e. The number of rotatable bonds is 2. The normalized spacial score (nSPS) is 25.9. The lowest BCUT2D eigenvalue weighted by Gasteiger charge is -2.24. The molecule has 1 heteroatoms. The van der Waals surface area contributed by atoms with Crippen LogP contribution in [-0.2, 0) is 0 Å². The van der Waals surface area contributed by atoms with Crippen molar-refractivity contribution in [3.05, 3.63) is 81.5 Å². The maximum Gasteiger partial charge on any atom is 0.00688 e. The molecule has 0 fully saturated rings.